The molecular formula is C12H18ClN3O. The number of hydrogen-bond donors (Lipinski definition) is 1. The predicted octanol–water partition coefficient (Wildman–Crippen LogP) is 1.81. The molecule has 2 N–H and O–H groups in total. The minimum atomic E-state index is 0.200. The first-order valence-electron chi connectivity index (χ1n) is 5.85. The van der Waals surface area contributed by atoms with Gasteiger partial charge in [0, 0.05) is 19.3 Å². The monoisotopic (exact) mass is 255 g/mol. The lowest BCUT2D eigenvalue weighted by Gasteiger charge is -2.38. The van der Waals surface area contributed by atoms with Crippen molar-refractivity contribution < 1.29 is 4.74 Å². The normalized spacial score (nSPS) is 25.1. The van der Waals surface area contributed by atoms with E-state index in [1.807, 2.05) is 6.07 Å². The molecule has 1 aliphatic heterocycles. The Morgan fingerprint density at radius 3 is 3.06 bits per heavy atom. The molecule has 0 aliphatic carbocycles. The number of morpholine rings is 1. The minimum absolute atomic E-state index is 0.200. The van der Waals surface area contributed by atoms with Crippen molar-refractivity contribution in [3.63, 3.8) is 0 Å². The third kappa shape index (κ3) is 2.54. The maximum Gasteiger partial charge on any atom is 0.148 e. The molecule has 0 bridgehead atoms. The maximum atomic E-state index is 6.33. The zero-order chi connectivity index (χ0) is 12.4. The molecule has 1 aliphatic rings. The second kappa shape index (κ2) is 5.21. The van der Waals surface area contributed by atoms with Crippen molar-refractivity contribution >= 4 is 17.4 Å². The molecule has 0 amide bonds. The number of aromatic nitrogens is 1. The Balaban J connectivity index is 2.32. The van der Waals surface area contributed by atoms with Gasteiger partial charge in [-0.2, -0.15) is 0 Å². The van der Waals surface area contributed by atoms with Crippen LogP contribution in [0.4, 0.5) is 5.82 Å². The van der Waals surface area contributed by atoms with E-state index >= 15 is 0 Å². The van der Waals surface area contributed by atoms with E-state index in [1.165, 1.54) is 0 Å². The first-order chi connectivity index (χ1) is 8.13. The van der Waals surface area contributed by atoms with Crippen molar-refractivity contribution in [1.29, 1.82) is 0 Å². The molecule has 2 rings (SSSR count). The summed E-state index contributed by atoms with van der Waals surface area (Å²) >= 11 is 6.33. The van der Waals surface area contributed by atoms with E-state index in [0.717, 1.165) is 17.9 Å². The van der Waals surface area contributed by atoms with Gasteiger partial charge in [0.25, 0.3) is 0 Å². The van der Waals surface area contributed by atoms with E-state index in [1.54, 1.807) is 6.20 Å². The molecule has 0 spiro atoms. The summed E-state index contributed by atoms with van der Waals surface area (Å²) in [6.07, 6.45) is 1.96. The number of anilines is 1. The SMILES string of the molecule is CC1CN(c2nccc(CN)c2Cl)C(C)CO1. The summed E-state index contributed by atoms with van der Waals surface area (Å²) in [6, 6.07) is 2.14. The van der Waals surface area contributed by atoms with Gasteiger partial charge in [0.1, 0.15) is 5.82 Å². The fourth-order valence-electron chi connectivity index (χ4n) is 2.03. The van der Waals surface area contributed by atoms with Gasteiger partial charge in [-0.3, -0.25) is 0 Å². The van der Waals surface area contributed by atoms with E-state index in [9.17, 15) is 0 Å². The number of nitrogens with zero attached hydrogens (tertiary/aromatic N) is 2. The Morgan fingerprint density at radius 1 is 1.59 bits per heavy atom. The summed E-state index contributed by atoms with van der Waals surface area (Å²) in [5.41, 5.74) is 6.59. The van der Waals surface area contributed by atoms with Gasteiger partial charge in [0.15, 0.2) is 0 Å². The molecule has 5 heteroatoms. The van der Waals surface area contributed by atoms with Crippen LogP contribution in [0.5, 0.6) is 0 Å². The van der Waals surface area contributed by atoms with Gasteiger partial charge in [-0.25, -0.2) is 4.98 Å². The first kappa shape index (κ1) is 12.6. The van der Waals surface area contributed by atoms with E-state index in [2.05, 4.69) is 23.7 Å². The smallest absolute Gasteiger partial charge is 0.148 e. The molecule has 2 atom stereocenters. The van der Waals surface area contributed by atoms with Crippen LogP contribution in [0.15, 0.2) is 12.3 Å². The van der Waals surface area contributed by atoms with Crippen molar-refractivity contribution in [2.45, 2.75) is 32.5 Å². The minimum Gasteiger partial charge on any atom is -0.375 e. The highest BCUT2D eigenvalue weighted by molar-refractivity contribution is 6.33. The van der Waals surface area contributed by atoms with Gasteiger partial charge in [-0.15, -0.1) is 0 Å². The van der Waals surface area contributed by atoms with Crippen molar-refractivity contribution in [2.24, 2.45) is 5.73 Å². The molecule has 0 aromatic carbocycles. The molecule has 1 aromatic heterocycles. The van der Waals surface area contributed by atoms with Crippen LogP contribution >= 0.6 is 11.6 Å². The quantitative estimate of drug-likeness (QED) is 0.876. The molecule has 2 heterocycles. The van der Waals surface area contributed by atoms with Gasteiger partial charge in [-0.1, -0.05) is 11.6 Å². The molecule has 2 unspecified atom stereocenters. The van der Waals surface area contributed by atoms with Crippen molar-refractivity contribution in [3.05, 3.63) is 22.8 Å². The zero-order valence-electron chi connectivity index (χ0n) is 10.2. The van der Waals surface area contributed by atoms with Gasteiger partial charge in [0.2, 0.25) is 0 Å². The second-order valence-corrected chi connectivity index (χ2v) is 4.84. The average molecular weight is 256 g/mol. The van der Waals surface area contributed by atoms with Crippen molar-refractivity contribution in [2.75, 3.05) is 18.1 Å². The van der Waals surface area contributed by atoms with Crippen LogP contribution in [0.3, 0.4) is 0 Å². The van der Waals surface area contributed by atoms with Crippen LogP contribution in [0.1, 0.15) is 19.4 Å². The standard InChI is InChI=1S/C12H18ClN3O/c1-8-7-17-9(2)6-16(8)12-11(13)10(5-14)3-4-15-12/h3-4,8-9H,5-7,14H2,1-2H3. The number of pyridine rings is 1. The predicted molar refractivity (Wildman–Crippen MR) is 69.4 cm³/mol. The van der Waals surface area contributed by atoms with Crippen LogP contribution in [0.25, 0.3) is 0 Å². The highest BCUT2D eigenvalue weighted by Gasteiger charge is 2.26. The van der Waals surface area contributed by atoms with Crippen molar-refractivity contribution in [1.82, 2.24) is 4.98 Å². The molecule has 1 fully saturated rings. The number of rotatable bonds is 2. The fraction of sp³-hybridized carbons (Fsp3) is 0.583. The molecule has 94 valence electrons. The van der Waals surface area contributed by atoms with Gasteiger partial charge < -0.3 is 15.4 Å². The summed E-state index contributed by atoms with van der Waals surface area (Å²) in [6.45, 7) is 6.11. The third-order valence-corrected chi connectivity index (χ3v) is 3.46. The summed E-state index contributed by atoms with van der Waals surface area (Å²) in [5, 5.41) is 0.663. The van der Waals surface area contributed by atoms with Crippen LogP contribution in [0, 0.1) is 0 Å². The summed E-state index contributed by atoms with van der Waals surface area (Å²) in [7, 11) is 0. The molecule has 1 saturated heterocycles. The van der Waals surface area contributed by atoms with Crippen LogP contribution < -0.4 is 10.6 Å². The Kier molecular flexibility index (Phi) is 3.86. The maximum absolute atomic E-state index is 6.33. The molecule has 0 saturated carbocycles. The lowest BCUT2D eigenvalue weighted by molar-refractivity contribution is 0.0340. The van der Waals surface area contributed by atoms with E-state index in [0.29, 0.717) is 18.2 Å². The highest BCUT2D eigenvalue weighted by atomic mass is 35.5. The fourth-order valence-corrected chi connectivity index (χ4v) is 2.33. The van der Waals surface area contributed by atoms with Crippen LogP contribution in [0.2, 0.25) is 5.02 Å². The Morgan fingerprint density at radius 2 is 2.35 bits per heavy atom. The highest BCUT2D eigenvalue weighted by Crippen LogP contribution is 2.29. The molecule has 1 aromatic rings. The summed E-state index contributed by atoms with van der Waals surface area (Å²) in [4.78, 5) is 6.57. The zero-order valence-corrected chi connectivity index (χ0v) is 10.9. The van der Waals surface area contributed by atoms with Gasteiger partial charge in [-0.05, 0) is 25.5 Å². The first-order valence-corrected chi connectivity index (χ1v) is 6.23. The van der Waals surface area contributed by atoms with Gasteiger partial charge in [0.05, 0.1) is 23.8 Å². The van der Waals surface area contributed by atoms with Crippen molar-refractivity contribution in [3.8, 4) is 0 Å². The van der Waals surface area contributed by atoms with E-state index < -0.39 is 0 Å². The molecular weight excluding hydrogens is 238 g/mol. The number of ether oxygens (including phenoxy) is 1. The van der Waals surface area contributed by atoms with Crippen LogP contribution in [-0.4, -0.2) is 30.3 Å². The lowest BCUT2D eigenvalue weighted by atomic mass is 10.2. The van der Waals surface area contributed by atoms with E-state index in [-0.39, 0.29) is 12.1 Å². The Labute approximate surface area is 107 Å². The third-order valence-electron chi connectivity index (χ3n) is 3.05. The number of hydrogen-bond acceptors (Lipinski definition) is 4. The summed E-state index contributed by atoms with van der Waals surface area (Å²) < 4.78 is 5.60. The Bertz CT molecular complexity index is 399. The number of halogens is 1. The lowest BCUT2D eigenvalue weighted by Crippen LogP contribution is -2.48. The molecule has 0 radical (unpaired) electrons. The molecule has 4 nitrogen and oxygen atoms in total. The van der Waals surface area contributed by atoms with E-state index in [4.69, 9.17) is 22.1 Å². The Hall–Kier alpha value is -0.840. The average Bonchev–Trinajstić information content (AvgIpc) is 2.33. The molecule has 17 heavy (non-hydrogen) atoms. The largest absolute Gasteiger partial charge is 0.375 e. The summed E-state index contributed by atoms with van der Waals surface area (Å²) in [5.74, 6) is 0.817. The van der Waals surface area contributed by atoms with Gasteiger partial charge >= 0.3 is 0 Å². The second-order valence-electron chi connectivity index (χ2n) is 4.46. The van der Waals surface area contributed by atoms with Crippen LogP contribution in [-0.2, 0) is 11.3 Å². The number of nitrogens with two attached hydrogens (primary N) is 1. The topological polar surface area (TPSA) is 51.4 Å².